The van der Waals surface area contributed by atoms with E-state index in [1.54, 1.807) is 0 Å². The number of hydrogen-bond donors (Lipinski definition) is 0. The maximum absolute atomic E-state index is 12.8. The molecule has 0 aromatic rings. The Labute approximate surface area is 489 Å². The van der Waals surface area contributed by atoms with Crippen LogP contribution in [-0.2, 0) is 28.6 Å². The van der Waals surface area contributed by atoms with Gasteiger partial charge in [-0.2, -0.15) is 0 Å². The van der Waals surface area contributed by atoms with Crippen LogP contribution >= 0.6 is 0 Å². The number of allylic oxidation sites excluding steroid dienone is 18. The standard InChI is InChI=1S/C73H124O6/c1-4-7-10-13-15-17-19-21-23-25-27-29-31-32-33-34-35-36-37-38-39-40-42-43-45-47-49-51-53-55-57-60-63-66-72(75)78-69-70(68-77-71(74)65-62-59-12-9-6-3)79-73(76)67-64-61-58-56-54-52-50-48-46-44-41-30-28-26-24-22-20-18-16-14-11-8-5-2/h7,10,15,17,21,23,27,29,32-33,35-36,38-39,42-43,47,49,70H,4-6,8-9,11-14,16,18-20,22,24-26,28,30-31,34,37,40-41,44-46,48,50-69H2,1-3H3/b10-7-,17-15-,23-21-,29-27-,33-32-,36-35-,39-38-,43-42-,49-47-. The fourth-order valence-electron chi connectivity index (χ4n) is 9.32. The van der Waals surface area contributed by atoms with E-state index >= 15 is 0 Å². The Morgan fingerprint density at radius 3 is 0.772 bits per heavy atom. The minimum Gasteiger partial charge on any atom is -0.462 e. The van der Waals surface area contributed by atoms with E-state index in [9.17, 15) is 14.4 Å². The third-order valence-electron chi connectivity index (χ3n) is 14.3. The highest BCUT2D eigenvalue weighted by atomic mass is 16.6. The Hall–Kier alpha value is -3.93. The third kappa shape index (κ3) is 64.8. The molecule has 0 aromatic heterocycles. The van der Waals surface area contributed by atoms with Gasteiger partial charge in [-0.05, 0) is 89.9 Å². The van der Waals surface area contributed by atoms with Crippen LogP contribution in [0.3, 0.4) is 0 Å². The highest BCUT2D eigenvalue weighted by molar-refractivity contribution is 5.71. The van der Waals surface area contributed by atoms with Gasteiger partial charge in [0.25, 0.3) is 0 Å². The zero-order valence-corrected chi connectivity index (χ0v) is 51.9. The Morgan fingerprint density at radius 2 is 0.494 bits per heavy atom. The van der Waals surface area contributed by atoms with E-state index in [1.165, 1.54) is 135 Å². The molecule has 0 rings (SSSR count). The number of ether oxygens (including phenoxy) is 3. The van der Waals surface area contributed by atoms with Gasteiger partial charge in [-0.1, -0.05) is 316 Å². The van der Waals surface area contributed by atoms with Crippen molar-refractivity contribution in [1.82, 2.24) is 0 Å². The molecular formula is C73H124O6. The summed E-state index contributed by atoms with van der Waals surface area (Å²) in [5, 5.41) is 0. The molecule has 0 aliphatic carbocycles. The largest absolute Gasteiger partial charge is 0.462 e. The lowest BCUT2D eigenvalue weighted by molar-refractivity contribution is -0.167. The average molecular weight is 1100 g/mol. The van der Waals surface area contributed by atoms with Gasteiger partial charge < -0.3 is 14.2 Å². The minimum absolute atomic E-state index is 0.0827. The summed E-state index contributed by atoms with van der Waals surface area (Å²) < 4.78 is 16.8. The van der Waals surface area contributed by atoms with Gasteiger partial charge in [0, 0.05) is 19.3 Å². The van der Waals surface area contributed by atoms with Gasteiger partial charge in [-0.25, -0.2) is 0 Å². The van der Waals surface area contributed by atoms with Gasteiger partial charge in [0.1, 0.15) is 13.2 Å². The monoisotopic (exact) mass is 1100 g/mol. The first kappa shape index (κ1) is 75.1. The predicted octanol–water partition coefficient (Wildman–Crippen LogP) is 23.0. The van der Waals surface area contributed by atoms with E-state index < -0.39 is 6.10 Å². The van der Waals surface area contributed by atoms with Gasteiger partial charge >= 0.3 is 17.9 Å². The quantitative estimate of drug-likeness (QED) is 0.0261. The second-order valence-corrected chi connectivity index (χ2v) is 22.0. The third-order valence-corrected chi connectivity index (χ3v) is 14.3. The lowest BCUT2D eigenvalue weighted by Crippen LogP contribution is -2.30. The highest BCUT2D eigenvalue weighted by Crippen LogP contribution is 2.17. The van der Waals surface area contributed by atoms with Crippen LogP contribution in [0.5, 0.6) is 0 Å². The van der Waals surface area contributed by atoms with E-state index in [4.69, 9.17) is 14.2 Å². The minimum atomic E-state index is -0.782. The molecule has 1 unspecified atom stereocenters. The van der Waals surface area contributed by atoms with Crippen LogP contribution in [0, 0.1) is 0 Å². The first-order valence-electron chi connectivity index (χ1n) is 33.4. The van der Waals surface area contributed by atoms with E-state index in [1.807, 2.05) is 0 Å². The normalized spacial score (nSPS) is 12.8. The lowest BCUT2D eigenvalue weighted by Gasteiger charge is -2.18. The fourth-order valence-corrected chi connectivity index (χ4v) is 9.32. The molecule has 6 nitrogen and oxygen atoms in total. The molecule has 452 valence electrons. The molecule has 6 heteroatoms. The van der Waals surface area contributed by atoms with E-state index in [0.29, 0.717) is 19.3 Å². The van der Waals surface area contributed by atoms with Gasteiger partial charge in [-0.15, -0.1) is 0 Å². The van der Waals surface area contributed by atoms with Crippen molar-refractivity contribution in [2.45, 2.75) is 322 Å². The number of esters is 3. The van der Waals surface area contributed by atoms with Gasteiger partial charge in [0.05, 0.1) is 0 Å². The molecule has 0 aliphatic rings. The molecule has 0 radical (unpaired) electrons. The van der Waals surface area contributed by atoms with Crippen molar-refractivity contribution in [3.63, 3.8) is 0 Å². The van der Waals surface area contributed by atoms with Crippen LogP contribution in [0.1, 0.15) is 316 Å². The van der Waals surface area contributed by atoms with Crippen molar-refractivity contribution in [3.8, 4) is 0 Å². The predicted molar refractivity (Wildman–Crippen MR) is 343 cm³/mol. The first-order valence-corrected chi connectivity index (χ1v) is 33.4. The Kier molecular flexibility index (Phi) is 63.3. The average Bonchev–Trinajstić information content (AvgIpc) is 3.45. The molecule has 0 fully saturated rings. The summed E-state index contributed by atoms with van der Waals surface area (Å²) in [6, 6.07) is 0. The number of hydrogen-bond acceptors (Lipinski definition) is 6. The van der Waals surface area contributed by atoms with Crippen LogP contribution in [0.25, 0.3) is 0 Å². The van der Waals surface area contributed by atoms with Crippen molar-refractivity contribution in [3.05, 3.63) is 109 Å². The van der Waals surface area contributed by atoms with Crippen molar-refractivity contribution < 1.29 is 28.6 Å². The van der Waals surface area contributed by atoms with Crippen LogP contribution in [0.4, 0.5) is 0 Å². The summed E-state index contributed by atoms with van der Waals surface area (Å²) >= 11 is 0. The number of unbranched alkanes of at least 4 members (excludes halogenated alkanes) is 31. The van der Waals surface area contributed by atoms with Crippen molar-refractivity contribution in [2.24, 2.45) is 0 Å². The van der Waals surface area contributed by atoms with Gasteiger partial charge in [-0.3, -0.25) is 14.4 Å². The number of carbonyl (C=O) groups excluding carboxylic acids is 3. The lowest BCUT2D eigenvalue weighted by atomic mass is 10.0. The topological polar surface area (TPSA) is 78.9 Å². The van der Waals surface area contributed by atoms with Crippen LogP contribution in [-0.4, -0.2) is 37.2 Å². The number of carbonyl (C=O) groups is 3. The molecular weight excluding hydrogens is 973 g/mol. The molecule has 0 aliphatic heterocycles. The SMILES string of the molecule is CC/C=C\C/C=C\C/C=C\C/C=C\C/C=C\C/C=C\C/C=C\C/C=C\C/C=C\CCCCCCCC(=O)OCC(COC(=O)CCCCCCC)OC(=O)CCCCCCCCCCCCCCCCCCCCCCCCC. The Balaban J connectivity index is 4.08. The summed E-state index contributed by atoms with van der Waals surface area (Å²) in [5.41, 5.74) is 0. The summed E-state index contributed by atoms with van der Waals surface area (Å²) in [5.74, 6) is -0.907. The van der Waals surface area contributed by atoms with Crippen molar-refractivity contribution >= 4 is 17.9 Å². The summed E-state index contributed by atoms with van der Waals surface area (Å²) in [6.45, 7) is 6.46. The van der Waals surface area contributed by atoms with Crippen molar-refractivity contribution in [2.75, 3.05) is 13.2 Å². The molecule has 0 saturated carbocycles. The molecule has 0 saturated heterocycles. The Morgan fingerprint density at radius 1 is 0.266 bits per heavy atom. The summed E-state index contributed by atoms with van der Waals surface area (Å²) in [7, 11) is 0. The molecule has 0 heterocycles. The second kappa shape index (κ2) is 66.6. The maximum atomic E-state index is 12.8. The number of rotatable bonds is 60. The first-order chi connectivity index (χ1) is 39.0. The molecule has 0 spiro atoms. The van der Waals surface area contributed by atoms with Gasteiger partial charge in [0.15, 0.2) is 6.10 Å². The molecule has 0 amide bonds. The molecule has 0 bridgehead atoms. The molecule has 1 atom stereocenters. The summed E-state index contributed by atoms with van der Waals surface area (Å²) in [4.78, 5) is 38.0. The molecule has 0 N–H and O–H groups in total. The van der Waals surface area contributed by atoms with Crippen LogP contribution in [0.2, 0.25) is 0 Å². The van der Waals surface area contributed by atoms with E-state index in [0.717, 1.165) is 141 Å². The van der Waals surface area contributed by atoms with Crippen LogP contribution < -0.4 is 0 Å². The van der Waals surface area contributed by atoms with E-state index in [2.05, 4.69) is 130 Å². The zero-order chi connectivity index (χ0) is 57.1. The van der Waals surface area contributed by atoms with Crippen LogP contribution in [0.15, 0.2) is 109 Å². The highest BCUT2D eigenvalue weighted by Gasteiger charge is 2.19. The molecule has 0 aromatic carbocycles. The van der Waals surface area contributed by atoms with E-state index in [-0.39, 0.29) is 31.1 Å². The summed E-state index contributed by atoms with van der Waals surface area (Å²) in [6.07, 6.45) is 91.6. The second-order valence-electron chi connectivity index (χ2n) is 22.0. The maximum Gasteiger partial charge on any atom is 0.306 e. The van der Waals surface area contributed by atoms with Crippen molar-refractivity contribution in [1.29, 1.82) is 0 Å². The fraction of sp³-hybridized carbons (Fsp3) is 0.712. The van der Waals surface area contributed by atoms with Gasteiger partial charge in [0.2, 0.25) is 0 Å². The molecule has 79 heavy (non-hydrogen) atoms. The zero-order valence-electron chi connectivity index (χ0n) is 51.9. The Bertz CT molecular complexity index is 1590. The smallest absolute Gasteiger partial charge is 0.306 e.